The molecule has 1 rings (SSSR count). The molecule has 0 aromatic carbocycles. The van der Waals surface area contributed by atoms with E-state index in [2.05, 4.69) is 10.4 Å². The molecule has 1 atom stereocenters. The van der Waals surface area contributed by atoms with Crippen molar-refractivity contribution < 1.29 is 4.79 Å². The Hall–Kier alpha value is -1.03. The first-order valence-corrected chi connectivity index (χ1v) is 5.50. The fraction of sp³-hybridized carbons (Fsp3) is 0.600. The topological polar surface area (TPSA) is 46.9 Å². The first kappa shape index (κ1) is 12.0. The number of aryl methyl sites for hydroxylation is 1. The molecule has 1 aromatic heterocycles. The van der Waals surface area contributed by atoms with Crippen LogP contribution in [-0.4, -0.2) is 21.7 Å². The number of nitrogens with zero attached hydrogens (tertiary/aromatic N) is 2. The Morgan fingerprint density at radius 1 is 1.67 bits per heavy atom. The van der Waals surface area contributed by atoms with Crippen LogP contribution in [0.2, 0.25) is 5.02 Å². The number of nitrogens with one attached hydrogen (secondary N) is 1. The Morgan fingerprint density at radius 2 is 2.33 bits per heavy atom. The Bertz CT molecular complexity index is 348. The van der Waals surface area contributed by atoms with E-state index >= 15 is 0 Å². The molecule has 0 aliphatic heterocycles. The molecule has 1 aromatic rings. The summed E-state index contributed by atoms with van der Waals surface area (Å²) in [6.45, 7) is 6.61. The van der Waals surface area contributed by atoms with E-state index in [-0.39, 0.29) is 11.9 Å². The van der Waals surface area contributed by atoms with E-state index in [1.807, 2.05) is 20.8 Å². The highest BCUT2D eigenvalue weighted by atomic mass is 35.5. The van der Waals surface area contributed by atoms with E-state index in [1.54, 1.807) is 10.9 Å². The van der Waals surface area contributed by atoms with Crippen LogP contribution in [0.5, 0.6) is 0 Å². The van der Waals surface area contributed by atoms with Crippen LogP contribution in [0.15, 0.2) is 6.20 Å². The molecule has 0 spiro atoms. The minimum atomic E-state index is -0.207. The molecule has 0 aliphatic carbocycles. The molecule has 1 amide bonds. The van der Waals surface area contributed by atoms with Gasteiger partial charge in [-0.3, -0.25) is 9.48 Å². The van der Waals surface area contributed by atoms with Gasteiger partial charge in [-0.05, 0) is 20.3 Å². The minimum absolute atomic E-state index is 0.139. The SMILES string of the molecule is CCC(C)NC(=O)c1nn(CC)cc1Cl. The lowest BCUT2D eigenvalue weighted by atomic mass is 10.2. The molecule has 15 heavy (non-hydrogen) atoms. The van der Waals surface area contributed by atoms with Crippen LogP contribution in [0.4, 0.5) is 0 Å². The van der Waals surface area contributed by atoms with Gasteiger partial charge in [0, 0.05) is 18.8 Å². The molecule has 0 saturated carbocycles. The van der Waals surface area contributed by atoms with Gasteiger partial charge in [-0.1, -0.05) is 18.5 Å². The number of rotatable bonds is 4. The lowest BCUT2D eigenvalue weighted by molar-refractivity contribution is 0.0933. The molecular formula is C10H16ClN3O. The maximum absolute atomic E-state index is 11.7. The summed E-state index contributed by atoms with van der Waals surface area (Å²) in [5, 5.41) is 7.31. The van der Waals surface area contributed by atoms with Crippen molar-refractivity contribution in [3.63, 3.8) is 0 Å². The van der Waals surface area contributed by atoms with E-state index < -0.39 is 0 Å². The van der Waals surface area contributed by atoms with Gasteiger partial charge < -0.3 is 5.32 Å². The summed E-state index contributed by atoms with van der Waals surface area (Å²) in [4.78, 5) is 11.7. The van der Waals surface area contributed by atoms with Crippen LogP contribution in [0.25, 0.3) is 0 Å². The van der Waals surface area contributed by atoms with E-state index in [9.17, 15) is 4.79 Å². The van der Waals surface area contributed by atoms with E-state index in [0.29, 0.717) is 17.3 Å². The number of aromatic nitrogens is 2. The van der Waals surface area contributed by atoms with E-state index in [0.717, 1.165) is 6.42 Å². The molecule has 1 N–H and O–H groups in total. The molecule has 1 unspecified atom stereocenters. The van der Waals surface area contributed by atoms with Crippen molar-refractivity contribution in [1.82, 2.24) is 15.1 Å². The van der Waals surface area contributed by atoms with Crippen molar-refractivity contribution >= 4 is 17.5 Å². The van der Waals surface area contributed by atoms with Crippen LogP contribution >= 0.6 is 11.6 Å². The second kappa shape index (κ2) is 5.16. The number of amides is 1. The van der Waals surface area contributed by atoms with Crippen LogP contribution < -0.4 is 5.32 Å². The van der Waals surface area contributed by atoms with Gasteiger partial charge >= 0.3 is 0 Å². The minimum Gasteiger partial charge on any atom is -0.348 e. The van der Waals surface area contributed by atoms with E-state index in [1.165, 1.54) is 0 Å². The van der Waals surface area contributed by atoms with Gasteiger partial charge in [0.25, 0.3) is 5.91 Å². The smallest absolute Gasteiger partial charge is 0.273 e. The summed E-state index contributed by atoms with van der Waals surface area (Å²) in [5.41, 5.74) is 0.304. The quantitative estimate of drug-likeness (QED) is 0.860. The third-order valence-electron chi connectivity index (χ3n) is 2.25. The van der Waals surface area contributed by atoms with Crippen LogP contribution in [0.1, 0.15) is 37.7 Å². The second-order valence-electron chi connectivity index (χ2n) is 3.46. The second-order valence-corrected chi connectivity index (χ2v) is 3.87. The summed E-state index contributed by atoms with van der Waals surface area (Å²) >= 11 is 5.90. The van der Waals surface area contributed by atoms with Crippen molar-refractivity contribution in [1.29, 1.82) is 0 Å². The fourth-order valence-electron chi connectivity index (χ4n) is 1.11. The van der Waals surface area contributed by atoms with Gasteiger partial charge in [-0.25, -0.2) is 0 Å². The highest BCUT2D eigenvalue weighted by Crippen LogP contribution is 2.13. The molecule has 0 aliphatic rings. The summed E-state index contributed by atoms with van der Waals surface area (Å²) in [5.74, 6) is -0.207. The normalized spacial score (nSPS) is 12.5. The van der Waals surface area contributed by atoms with Crippen molar-refractivity contribution in [3.05, 3.63) is 16.9 Å². The zero-order valence-corrected chi connectivity index (χ0v) is 10.0. The van der Waals surface area contributed by atoms with Gasteiger partial charge in [-0.2, -0.15) is 5.10 Å². The number of hydrogen-bond acceptors (Lipinski definition) is 2. The fourth-order valence-corrected chi connectivity index (χ4v) is 1.34. The summed E-state index contributed by atoms with van der Waals surface area (Å²) in [7, 11) is 0. The van der Waals surface area contributed by atoms with Crippen LogP contribution in [0.3, 0.4) is 0 Å². The first-order valence-electron chi connectivity index (χ1n) is 5.12. The van der Waals surface area contributed by atoms with Gasteiger partial charge in [0.15, 0.2) is 5.69 Å². The Balaban J connectivity index is 2.77. The molecule has 4 nitrogen and oxygen atoms in total. The van der Waals surface area contributed by atoms with Gasteiger partial charge in [0.05, 0.1) is 5.02 Å². The first-order chi connectivity index (χ1) is 7.08. The predicted octanol–water partition coefficient (Wildman–Crippen LogP) is 2.08. The van der Waals surface area contributed by atoms with E-state index in [4.69, 9.17) is 11.6 Å². The number of hydrogen-bond donors (Lipinski definition) is 1. The molecule has 0 bridgehead atoms. The number of carbonyl (C=O) groups is 1. The summed E-state index contributed by atoms with van der Waals surface area (Å²) in [6, 6.07) is 0.139. The van der Waals surface area contributed by atoms with Gasteiger partial charge in [0.1, 0.15) is 0 Å². The predicted molar refractivity (Wildman–Crippen MR) is 60.1 cm³/mol. The molecule has 1 heterocycles. The highest BCUT2D eigenvalue weighted by Gasteiger charge is 2.16. The Labute approximate surface area is 94.6 Å². The average Bonchev–Trinajstić information content (AvgIpc) is 2.59. The van der Waals surface area contributed by atoms with Crippen molar-refractivity contribution in [2.24, 2.45) is 0 Å². The van der Waals surface area contributed by atoms with Crippen molar-refractivity contribution in [2.45, 2.75) is 39.8 Å². The zero-order chi connectivity index (χ0) is 11.4. The lowest BCUT2D eigenvalue weighted by Gasteiger charge is -2.09. The van der Waals surface area contributed by atoms with Gasteiger partial charge in [0.2, 0.25) is 0 Å². The maximum atomic E-state index is 11.7. The van der Waals surface area contributed by atoms with Crippen molar-refractivity contribution in [2.75, 3.05) is 0 Å². The average molecular weight is 230 g/mol. The molecule has 0 fully saturated rings. The number of carbonyl (C=O) groups excluding carboxylic acids is 1. The van der Waals surface area contributed by atoms with Crippen molar-refractivity contribution in [3.8, 4) is 0 Å². The molecule has 5 heteroatoms. The van der Waals surface area contributed by atoms with Gasteiger partial charge in [-0.15, -0.1) is 0 Å². The Morgan fingerprint density at radius 3 is 2.80 bits per heavy atom. The summed E-state index contributed by atoms with van der Waals surface area (Å²) < 4.78 is 1.65. The largest absolute Gasteiger partial charge is 0.348 e. The third-order valence-corrected chi connectivity index (χ3v) is 2.52. The molecule has 0 saturated heterocycles. The highest BCUT2D eigenvalue weighted by molar-refractivity contribution is 6.33. The standard InChI is InChI=1S/C10H16ClN3O/c1-4-7(3)12-10(15)9-8(11)6-14(5-2)13-9/h6-7H,4-5H2,1-3H3,(H,12,15). The third kappa shape index (κ3) is 2.96. The molecule has 84 valence electrons. The van der Waals surface area contributed by atoms with Crippen LogP contribution in [0, 0.1) is 0 Å². The molecule has 0 radical (unpaired) electrons. The lowest BCUT2D eigenvalue weighted by Crippen LogP contribution is -2.32. The summed E-state index contributed by atoms with van der Waals surface area (Å²) in [6.07, 6.45) is 2.55. The monoisotopic (exact) mass is 229 g/mol. The Kier molecular flexibility index (Phi) is 4.15. The maximum Gasteiger partial charge on any atom is 0.273 e. The molecular weight excluding hydrogens is 214 g/mol. The van der Waals surface area contributed by atoms with Crippen LogP contribution in [-0.2, 0) is 6.54 Å². The zero-order valence-electron chi connectivity index (χ0n) is 9.25. The number of halogens is 1.